The van der Waals surface area contributed by atoms with Crippen LogP contribution in [0.25, 0.3) is 22.0 Å². The maximum absolute atomic E-state index is 12.6. The van der Waals surface area contributed by atoms with E-state index < -0.39 is 12.3 Å². The van der Waals surface area contributed by atoms with E-state index in [2.05, 4.69) is 20.0 Å². The molecule has 0 saturated heterocycles. The number of anilines is 1. The van der Waals surface area contributed by atoms with E-state index in [1.54, 1.807) is 54.7 Å². The summed E-state index contributed by atoms with van der Waals surface area (Å²) in [6.07, 6.45) is -3.23. The summed E-state index contributed by atoms with van der Waals surface area (Å²) >= 11 is 0. The Morgan fingerprint density at radius 1 is 0.933 bits per heavy atom. The molecule has 8 heteroatoms. The van der Waals surface area contributed by atoms with Crippen molar-refractivity contribution in [3.8, 4) is 16.9 Å². The zero-order valence-electron chi connectivity index (χ0n) is 15.4. The number of nitrogens with zero attached hydrogens (tertiary/aromatic N) is 2. The van der Waals surface area contributed by atoms with Gasteiger partial charge in [-0.3, -0.25) is 4.79 Å². The van der Waals surface area contributed by atoms with Crippen LogP contribution in [0.15, 0.2) is 79.0 Å². The van der Waals surface area contributed by atoms with Crippen LogP contribution in [0.1, 0.15) is 10.5 Å². The second-order valence-corrected chi connectivity index (χ2v) is 6.32. The van der Waals surface area contributed by atoms with Crippen LogP contribution in [0.4, 0.5) is 19.0 Å². The molecule has 0 fully saturated rings. The van der Waals surface area contributed by atoms with E-state index in [1.165, 1.54) is 18.2 Å². The smallest absolute Gasteiger partial charge is 0.406 e. The molecule has 0 spiro atoms. The number of carbonyl (C=O) groups is 1. The molecule has 1 amide bonds. The third-order valence-corrected chi connectivity index (χ3v) is 4.24. The molecule has 4 rings (SSSR count). The van der Waals surface area contributed by atoms with Crippen LogP contribution in [0.5, 0.6) is 5.75 Å². The summed E-state index contributed by atoms with van der Waals surface area (Å²) in [5.41, 5.74) is 1.70. The fourth-order valence-corrected chi connectivity index (χ4v) is 2.98. The average Bonchev–Trinajstić information content (AvgIpc) is 2.72. The predicted molar refractivity (Wildman–Crippen MR) is 106 cm³/mol. The Labute approximate surface area is 169 Å². The number of nitrogens with one attached hydrogen (secondary N) is 1. The van der Waals surface area contributed by atoms with Crippen molar-refractivity contribution in [2.24, 2.45) is 0 Å². The zero-order valence-corrected chi connectivity index (χ0v) is 15.4. The number of rotatable bonds is 4. The van der Waals surface area contributed by atoms with Crippen LogP contribution in [-0.4, -0.2) is 22.2 Å². The molecule has 0 unspecified atom stereocenters. The fraction of sp³-hybridized carbons (Fsp3) is 0.0455. The lowest BCUT2D eigenvalue weighted by molar-refractivity contribution is -0.274. The number of fused-ring (bicyclic) bond motifs is 1. The van der Waals surface area contributed by atoms with Crippen LogP contribution >= 0.6 is 0 Å². The van der Waals surface area contributed by atoms with Gasteiger partial charge in [0.25, 0.3) is 5.91 Å². The van der Waals surface area contributed by atoms with Gasteiger partial charge >= 0.3 is 6.36 Å². The lowest BCUT2D eigenvalue weighted by Crippen LogP contribution is -2.17. The molecule has 0 saturated carbocycles. The molecule has 0 aliphatic rings. The SMILES string of the molecule is O=C(Nc1ccccn1)c1ccc2cccc(-c3cccc(OC(F)(F)F)c3)c2n1. The molecule has 0 radical (unpaired) electrons. The van der Waals surface area contributed by atoms with Gasteiger partial charge in [0.2, 0.25) is 0 Å². The highest BCUT2D eigenvalue weighted by atomic mass is 19.4. The number of amides is 1. The predicted octanol–water partition coefficient (Wildman–Crippen LogP) is 5.45. The molecule has 4 aromatic rings. The normalized spacial score (nSPS) is 11.3. The number of hydrogen-bond donors (Lipinski definition) is 1. The maximum atomic E-state index is 12.6. The van der Waals surface area contributed by atoms with Crippen LogP contribution < -0.4 is 10.1 Å². The first kappa shape index (κ1) is 19.4. The number of para-hydroxylation sites is 1. The first-order valence-electron chi connectivity index (χ1n) is 8.87. The molecule has 5 nitrogen and oxygen atoms in total. The largest absolute Gasteiger partial charge is 0.573 e. The van der Waals surface area contributed by atoms with Crippen molar-refractivity contribution >= 4 is 22.6 Å². The molecule has 2 aromatic heterocycles. The summed E-state index contributed by atoms with van der Waals surface area (Å²) in [4.78, 5) is 21.1. The van der Waals surface area contributed by atoms with Crippen molar-refractivity contribution in [2.75, 3.05) is 5.32 Å². The van der Waals surface area contributed by atoms with E-state index in [0.717, 1.165) is 5.39 Å². The molecular formula is C22H14F3N3O2. The van der Waals surface area contributed by atoms with Crippen LogP contribution in [0, 0.1) is 0 Å². The summed E-state index contributed by atoms with van der Waals surface area (Å²) in [6, 6.07) is 19.4. The second-order valence-electron chi connectivity index (χ2n) is 6.32. The van der Waals surface area contributed by atoms with Crippen molar-refractivity contribution in [2.45, 2.75) is 6.36 Å². The summed E-state index contributed by atoms with van der Waals surface area (Å²) in [5, 5.41) is 3.40. The van der Waals surface area contributed by atoms with E-state index in [9.17, 15) is 18.0 Å². The van der Waals surface area contributed by atoms with Gasteiger partial charge in [0, 0.05) is 17.1 Å². The average molecular weight is 409 g/mol. The Morgan fingerprint density at radius 3 is 2.53 bits per heavy atom. The van der Waals surface area contributed by atoms with E-state index in [0.29, 0.717) is 22.5 Å². The number of ether oxygens (including phenoxy) is 1. The minimum Gasteiger partial charge on any atom is -0.406 e. The number of carbonyl (C=O) groups excluding carboxylic acids is 1. The molecule has 150 valence electrons. The minimum absolute atomic E-state index is 0.156. The van der Waals surface area contributed by atoms with Crippen molar-refractivity contribution in [3.63, 3.8) is 0 Å². The zero-order chi connectivity index (χ0) is 21.1. The number of alkyl halides is 3. The molecule has 2 aromatic carbocycles. The first-order valence-corrected chi connectivity index (χ1v) is 8.87. The van der Waals surface area contributed by atoms with E-state index in [-0.39, 0.29) is 11.4 Å². The molecular weight excluding hydrogens is 395 g/mol. The fourth-order valence-electron chi connectivity index (χ4n) is 2.98. The maximum Gasteiger partial charge on any atom is 0.573 e. The van der Waals surface area contributed by atoms with E-state index in [1.807, 2.05) is 6.07 Å². The van der Waals surface area contributed by atoms with Crippen LogP contribution in [-0.2, 0) is 0 Å². The summed E-state index contributed by atoms with van der Waals surface area (Å²) in [7, 11) is 0. The number of aromatic nitrogens is 2. The minimum atomic E-state index is -4.79. The van der Waals surface area contributed by atoms with Crippen molar-refractivity contribution in [1.29, 1.82) is 0 Å². The Hall–Kier alpha value is -3.94. The van der Waals surface area contributed by atoms with Gasteiger partial charge in [0.05, 0.1) is 5.52 Å². The highest BCUT2D eigenvalue weighted by Gasteiger charge is 2.31. The molecule has 0 aliphatic carbocycles. The number of halogens is 3. The molecule has 0 bridgehead atoms. The quantitative estimate of drug-likeness (QED) is 0.487. The highest BCUT2D eigenvalue weighted by Crippen LogP contribution is 2.31. The Bertz CT molecular complexity index is 1210. The number of benzene rings is 2. The molecule has 2 heterocycles. The van der Waals surface area contributed by atoms with Gasteiger partial charge in [0.15, 0.2) is 0 Å². The summed E-state index contributed by atoms with van der Waals surface area (Å²) in [6.45, 7) is 0. The summed E-state index contributed by atoms with van der Waals surface area (Å²) in [5.74, 6) is -0.393. The van der Waals surface area contributed by atoms with Crippen molar-refractivity contribution in [3.05, 3.63) is 84.7 Å². The van der Waals surface area contributed by atoms with Crippen molar-refractivity contribution in [1.82, 2.24) is 9.97 Å². The Morgan fingerprint density at radius 2 is 1.77 bits per heavy atom. The van der Waals surface area contributed by atoms with E-state index in [4.69, 9.17) is 0 Å². The van der Waals surface area contributed by atoms with Gasteiger partial charge in [-0.05, 0) is 35.9 Å². The van der Waals surface area contributed by atoms with Crippen LogP contribution in [0.3, 0.4) is 0 Å². The molecule has 0 aliphatic heterocycles. The lowest BCUT2D eigenvalue weighted by Gasteiger charge is -2.12. The molecule has 0 atom stereocenters. The first-order chi connectivity index (χ1) is 14.4. The van der Waals surface area contributed by atoms with Gasteiger partial charge in [-0.1, -0.05) is 42.5 Å². The van der Waals surface area contributed by atoms with Gasteiger partial charge in [-0.25, -0.2) is 9.97 Å². The topological polar surface area (TPSA) is 64.1 Å². The third kappa shape index (κ3) is 4.38. The Kier molecular flexibility index (Phi) is 5.05. The van der Waals surface area contributed by atoms with Gasteiger partial charge in [0.1, 0.15) is 17.3 Å². The van der Waals surface area contributed by atoms with Gasteiger partial charge in [-0.2, -0.15) is 0 Å². The Balaban J connectivity index is 1.72. The lowest BCUT2D eigenvalue weighted by atomic mass is 10.0. The van der Waals surface area contributed by atoms with Gasteiger partial charge < -0.3 is 10.1 Å². The van der Waals surface area contributed by atoms with Gasteiger partial charge in [-0.15, -0.1) is 13.2 Å². The third-order valence-electron chi connectivity index (χ3n) is 4.24. The molecule has 1 N–H and O–H groups in total. The summed E-state index contributed by atoms with van der Waals surface area (Å²) < 4.78 is 41.7. The second kappa shape index (κ2) is 7.82. The highest BCUT2D eigenvalue weighted by molar-refractivity contribution is 6.04. The van der Waals surface area contributed by atoms with E-state index >= 15 is 0 Å². The number of hydrogen-bond acceptors (Lipinski definition) is 4. The number of pyridine rings is 2. The molecule has 30 heavy (non-hydrogen) atoms. The standard InChI is InChI=1S/C22H14F3N3O2/c23-22(24,25)30-16-7-3-6-15(13-16)17-8-4-5-14-10-11-18(27-20(14)17)21(29)28-19-9-1-2-12-26-19/h1-13H,(H,26,28,29). The van der Waals surface area contributed by atoms with Crippen LogP contribution in [0.2, 0.25) is 0 Å². The van der Waals surface area contributed by atoms with Crippen molar-refractivity contribution < 1.29 is 22.7 Å². The monoisotopic (exact) mass is 409 g/mol.